The summed E-state index contributed by atoms with van der Waals surface area (Å²) in [5.41, 5.74) is -0.489. The van der Waals surface area contributed by atoms with Crippen molar-refractivity contribution in [2.75, 3.05) is 10.6 Å². The molecular weight excluding hydrogens is 410 g/mol. The molecule has 0 saturated carbocycles. The van der Waals surface area contributed by atoms with Crippen molar-refractivity contribution >= 4 is 39.6 Å². The molecule has 1 aromatic heterocycles. The van der Waals surface area contributed by atoms with Gasteiger partial charge in [0, 0.05) is 20.9 Å². The first kappa shape index (κ1) is 21.0. The van der Waals surface area contributed by atoms with Crippen LogP contribution in [-0.2, 0) is 9.59 Å². The van der Waals surface area contributed by atoms with E-state index in [1.54, 1.807) is 41.5 Å². The van der Waals surface area contributed by atoms with Gasteiger partial charge in [-0.25, -0.2) is 0 Å². The number of halogens is 1. The predicted octanol–water partition coefficient (Wildman–Crippen LogP) is 4.27. The molecule has 0 aliphatic heterocycles. The fraction of sp³-hybridized carbons (Fsp3) is 0.421. The minimum atomic E-state index is -0.612. The van der Waals surface area contributed by atoms with Gasteiger partial charge in [0.25, 0.3) is 0 Å². The molecule has 0 atom stereocenters. The van der Waals surface area contributed by atoms with Gasteiger partial charge in [-0.05, 0) is 12.1 Å². The Balaban J connectivity index is 2.45. The minimum Gasteiger partial charge on any atom is -0.294 e. The van der Waals surface area contributed by atoms with E-state index < -0.39 is 10.8 Å². The molecule has 144 valence electrons. The quantitative estimate of drug-likeness (QED) is 0.752. The first-order valence-corrected chi connectivity index (χ1v) is 9.30. The van der Waals surface area contributed by atoms with Crippen LogP contribution in [0.1, 0.15) is 41.5 Å². The molecule has 0 aliphatic carbocycles. The number of hydrogen-bond donors (Lipinski definition) is 2. The molecule has 0 bridgehead atoms. The van der Waals surface area contributed by atoms with Crippen LogP contribution in [0, 0.1) is 10.8 Å². The van der Waals surface area contributed by atoms with Gasteiger partial charge in [-0.15, -0.1) is 0 Å². The molecule has 1 heterocycles. The zero-order valence-corrected chi connectivity index (χ0v) is 17.9. The van der Waals surface area contributed by atoms with Gasteiger partial charge in [-0.3, -0.25) is 20.2 Å². The summed E-state index contributed by atoms with van der Waals surface area (Å²) in [5.74, 6) is 0.0668. The van der Waals surface area contributed by atoms with Gasteiger partial charge in [-0.2, -0.15) is 15.0 Å². The van der Waals surface area contributed by atoms with E-state index in [9.17, 15) is 9.59 Å². The maximum absolute atomic E-state index is 12.3. The van der Waals surface area contributed by atoms with Gasteiger partial charge in [-0.1, -0.05) is 69.6 Å². The van der Waals surface area contributed by atoms with E-state index in [0.717, 1.165) is 10.0 Å². The Bertz CT molecular complexity index is 806. The van der Waals surface area contributed by atoms with Crippen molar-refractivity contribution in [2.45, 2.75) is 41.5 Å². The van der Waals surface area contributed by atoms with Gasteiger partial charge in [0.1, 0.15) is 0 Å². The molecule has 0 aliphatic rings. The monoisotopic (exact) mass is 433 g/mol. The van der Waals surface area contributed by atoms with Crippen LogP contribution >= 0.6 is 15.9 Å². The number of carbonyl (C=O) groups is 2. The molecule has 0 unspecified atom stereocenters. The molecule has 0 saturated heterocycles. The molecule has 27 heavy (non-hydrogen) atoms. The second-order valence-electron chi connectivity index (χ2n) is 8.22. The van der Waals surface area contributed by atoms with Gasteiger partial charge in [0.2, 0.25) is 23.7 Å². The van der Waals surface area contributed by atoms with Crippen LogP contribution in [-0.4, -0.2) is 26.8 Å². The number of rotatable bonds is 3. The molecule has 0 radical (unpaired) electrons. The second-order valence-corrected chi connectivity index (χ2v) is 9.14. The van der Waals surface area contributed by atoms with Crippen molar-refractivity contribution in [2.24, 2.45) is 10.8 Å². The van der Waals surface area contributed by atoms with Crippen molar-refractivity contribution in [1.29, 1.82) is 0 Å². The number of anilines is 2. The van der Waals surface area contributed by atoms with Crippen molar-refractivity contribution in [1.82, 2.24) is 15.0 Å². The summed E-state index contributed by atoms with van der Waals surface area (Å²) in [6.07, 6.45) is 0. The molecule has 8 heteroatoms. The highest BCUT2D eigenvalue weighted by Gasteiger charge is 2.25. The summed E-state index contributed by atoms with van der Waals surface area (Å²) >= 11 is 3.39. The molecule has 0 fully saturated rings. The number of benzene rings is 1. The Morgan fingerprint density at radius 1 is 0.778 bits per heavy atom. The average Bonchev–Trinajstić information content (AvgIpc) is 2.53. The fourth-order valence-electron chi connectivity index (χ4n) is 1.79. The van der Waals surface area contributed by atoms with E-state index in [4.69, 9.17) is 0 Å². The highest BCUT2D eigenvalue weighted by molar-refractivity contribution is 9.10. The lowest BCUT2D eigenvalue weighted by atomic mass is 9.96. The number of nitrogens with one attached hydrogen (secondary N) is 2. The number of nitrogens with zero attached hydrogens (tertiary/aromatic N) is 3. The summed E-state index contributed by atoms with van der Waals surface area (Å²) in [5, 5.41) is 5.39. The summed E-state index contributed by atoms with van der Waals surface area (Å²) < 4.78 is 0.919. The standard InChI is InChI=1S/C19H24BrN5O2/c1-18(2,3)14(26)23-16-21-13(11-7-9-12(20)10-8-11)22-17(25-16)24-15(27)19(4,5)6/h7-10H,1-6H3,(H2,21,22,23,24,25,26,27). The summed E-state index contributed by atoms with van der Waals surface area (Å²) in [7, 11) is 0. The minimum absolute atomic E-state index is 0.0899. The van der Waals surface area contributed by atoms with Crippen LogP contribution in [0.4, 0.5) is 11.9 Å². The van der Waals surface area contributed by atoms with Gasteiger partial charge in [0.15, 0.2) is 5.82 Å². The van der Waals surface area contributed by atoms with E-state index in [2.05, 4.69) is 41.5 Å². The topological polar surface area (TPSA) is 96.9 Å². The fourth-order valence-corrected chi connectivity index (χ4v) is 2.06. The van der Waals surface area contributed by atoms with E-state index in [1.807, 2.05) is 24.3 Å². The Morgan fingerprint density at radius 3 is 1.56 bits per heavy atom. The van der Waals surface area contributed by atoms with Crippen molar-refractivity contribution in [3.8, 4) is 11.4 Å². The van der Waals surface area contributed by atoms with E-state index >= 15 is 0 Å². The van der Waals surface area contributed by atoms with E-state index in [0.29, 0.717) is 5.82 Å². The Labute approximate surface area is 167 Å². The summed E-state index contributed by atoms with van der Waals surface area (Å²) in [4.78, 5) is 37.5. The highest BCUT2D eigenvalue weighted by Crippen LogP contribution is 2.23. The molecule has 7 nitrogen and oxygen atoms in total. The number of carbonyl (C=O) groups excluding carboxylic acids is 2. The molecule has 2 amide bonds. The molecule has 0 spiro atoms. The van der Waals surface area contributed by atoms with Crippen molar-refractivity contribution < 1.29 is 9.59 Å². The van der Waals surface area contributed by atoms with Crippen molar-refractivity contribution in [3.63, 3.8) is 0 Å². The lowest BCUT2D eigenvalue weighted by Crippen LogP contribution is -2.30. The molecule has 2 N–H and O–H groups in total. The Kier molecular flexibility index (Phi) is 5.99. The SMILES string of the molecule is CC(C)(C)C(=O)Nc1nc(NC(=O)C(C)(C)C)nc(-c2ccc(Br)cc2)n1. The number of hydrogen-bond acceptors (Lipinski definition) is 5. The summed E-state index contributed by atoms with van der Waals surface area (Å²) in [6, 6.07) is 7.40. The van der Waals surface area contributed by atoms with Crippen molar-refractivity contribution in [3.05, 3.63) is 28.7 Å². The van der Waals surface area contributed by atoms with Crippen LogP contribution in [0.5, 0.6) is 0 Å². The van der Waals surface area contributed by atoms with E-state index in [1.165, 1.54) is 0 Å². The lowest BCUT2D eigenvalue weighted by molar-refractivity contribution is -0.123. The molecule has 2 aromatic rings. The Morgan fingerprint density at radius 2 is 1.19 bits per heavy atom. The number of amides is 2. The third-order valence-electron chi connectivity index (χ3n) is 3.55. The summed E-state index contributed by atoms with van der Waals surface area (Å²) in [6.45, 7) is 10.8. The highest BCUT2D eigenvalue weighted by atomic mass is 79.9. The molecular formula is C19H24BrN5O2. The third kappa shape index (κ3) is 5.82. The maximum Gasteiger partial charge on any atom is 0.234 e. The maximum atomic E-state index is 12.3. The first-order chi connectivity index (χ1) is 12.4. The Hall–Kier alpha value is -2.35. The van der Waals surface area contributed by atoms with Gasteiger partial charge >= 0.3 is 0 Å². The van der Waals surface area contributed by atoms with Crippen LogP contribution in [0.2, 0.25) is 0 Å². The molecule has 2 rings (SSSR count). The predicted molar refractivity (Wildman–Crippen MR) is 109 cm³/mol. The zero-order chi connectivity index (χ0) is 20.4. The van der Waals surface area contributed by atoms with Crippen LogP contribution in [0.15, 0.2) is 28.7 Å². The third-order valence-corrected chi connectivity index (χ3v) is 4.08. The smallest absolute Gasteiger partial charge is 0.234 e. The van der Waals surface area contributed by atoms with Gasteiger partial charge in [0.05, 0.1) is 0 Å². The van der Waals surface area contributed by atoms with Crippen LogP contribution in [0.25, 0.3) is 11.4 Å². The number of aromatic nitrogens is 3. The lowest BCUT2D eigenvalue weighted by Gasteiger charge is -2.19. The van der Waals surface area contributed by atoms with Crippen LogP contribution in [0.3, 0.4) is 0 Å². The normalized spacial score (nSPS) is 11.8. The van der Waals surface area contributed by atoms with Crippen LogP contribution < -0.4 is 10.6 Å². The second kappa shape index (κ2) is 7.72. The van der Waals surface area contributed by atoms with E-state index in [-0.39, 0.29) is 23.7 Å². The zero-order valence-electron chi connectivity index (χ0n) is 16.3. The average molecular weight is 434 g/mol. The largest absolute Gasteiger partial charge is 0.294 e. The molecule has 1 aromatic carbocycles. The first-order valence-electron chi connectivity index (χ1n) is 8.51. The van der Waals surface area contributed by atoms with Gasteiger partial charge < -0.3 is 0 Å².